The Bertz CT molecular complexity index is 583. The molecule has 0 heterocycles. The van der Waals surface area contributed by atoms with Gasteiger partial charge in [0, 0.05) is 5.92 Å². The molecular weight excluding hydrogens is 236 g/mol. The van der Waals surface area contributed by atoms with Gasteiger partial charge in [0.1, 0.15) is 5.75 Å². The molecule has 0 unspecified atom stereocenters. The Morgan fingerprint density at radius 3 is 2.42 bits per heavy atom. The molecule has 0 amide bonds. The van der Waals surface area contributed by atoms with Crippen molar-refractivity contribution in [3.63, 3.8) is 0 Å². The van der Waals surface area contributed by atoms with E-state index in [1.54, 1.807) is 7.11 Å². The summed E-state index contributed by atoms with van der Waals surface area (Å²) in [6.07, 6.45) is 1.73. The van der Waals surface area contributed by atoms with Crippen molar-refractivity contribution < 1.29 is 9.53 Å². The molecular formula is C17H20O2. The largest absolute Gasteiger partial charge is 0.496 e. The highest BCUT2D eigenvalue weighted by Gasteiger charge is 2.22. The number of Topliss-reactive ketones (excluding diaryl/α,β-unsaturated/α-hetero) is 1. The first-order chi connectivity index (χ1) is 9.22. The first-order valence-electron chi connectivity index (χ1n) is 6.82. The van der Waals surface area contributed by atoms with E-state index in [0.29, 0.717) is 5.75 Å². The van der Waals surface area contributed by atoms with Crippen LogP contribution >= 0.6 is 0 Å². The quantitative estimate of drug-likeness (QED) is 0.738. The van der Waals surface area contributed by atoms with E-state index in [0.717, 1.165) is 29.2 Å². The maximum absolute atomic E-state index is 12.7. The maximum Gasteiger partial charge on any atom is 0.170 e. The monoisotopic (exact) mass is 256 g/mol. The molecule has 0 spiro atoms. The summed E-state index contributed by atoms with van der Waals surface area (Å²) in [6.45, 7) is 4.12. The predicted molar refractivity (Wildman–Crippen MR) is 78.9 cm³/mol. The number of fused-ring (bicyclic) bond motifs is 1. The van der Waals surface area contributed by atoms with E-state index in [9.17, 15) is 4.79 Å². The van der Waals surface area contributed by atoms with E-state index in [1.165, 1.54) is 0 Å². The maximum atomic E-state index is 12.7. The molecule has 0 aliphatic rings. The topological polar surface area (TPSA) is 26.3 Å². The van der Waals surface area contributed by atoms with Crippen LogP contribution in [0.3, 0.4) is 0 Å². The second kappa shape index (κ2) is 5.87. The van der Waals surface area contributed by atoms with Crippen molar-refractivity contribution in [3.05, 3.63) is 42.0 Å². The molecule has 2 heteroatoms. The van der Waals surface area contributed by atoms with Crippen molar-refractivity contribution in [2.45, 2.75) is 26.7 Å². The van der Waals surface area contributed by atoms with Crippen LogP contribution in [-0.2, 0) is 0 Å². The standard InChI is InChI=1S/C17H20O2/c1-4-12(5-2)17(18)16-14-9-7-6-8-13(14)10-11-15(16)19-3/h6-12H,4-5H2,1-3H3. The first kappa shape index (κ1) is 13.6. The molecule has 2 aromatic rings. The smallest absolute Gasteiger partial charge is 0.170 e. The van der Waals surface area contributed by atoms with E-state index >= 15 is 0 Å². The Balaban J connectivity index is 2.65. The molecule has 0 saturated heterocycles. The summed E-state index contributed by atoms with van der Waals surface area (Å²) in [5.74, 6) is 0.939. The molecule has 0 atom stereocenters. The lowest BCUT2D eigenvalue weighted by molar-refractivity contribution is 0.0912. The zero-order chi connectivity index (χ0) is 13.8. The van der Waals surface area contributed by atoms with Crippen molar-refractivity contribution in [1.29, 1.82) is 0 Å². The first-order valence-corrected chi connectivity index (χ1v) is 6.82. The van der Waals surface area contributed by atoms with Crippen molar-refractivity contribution in [1.82, 2.24) is 0 Å². The van der Waals surface area contributed by atoms with Crippen LogP contribution in [0.4, 0.5) is 0 Å². The van der Waals surface area contributed by atoms with Gasteiger partial charge >= 0.3 is 0 Å². The van der Waals surface area contributed by atoms with Gasteiger partial charge in [0.2, 0.25) is 0 Å². The average molecular weight is 256 g/mol. The number of methoxy groups -OCH3 is 1. The molecule has 0 N–H and O–H groups in total. The Morgan fingerprint density at radius 1 is 1.11 bits per heavy atom. The highest BCUT2D eigenvalue weighted by molar-refractivity contribution is 6.11. The number of ether oxygens (including phenoxy) is 1. The van der Waals surface area contributed by atoms with Crippen LogP contribution in [0, 0.1) is 5.92 Å². The van der Waals surface area contributed by atoms with Crippen molar-refractivity contribution in [2.75, 3.05) is 7.11 Å². The van der Waals surface area contributed by atoms with Gasteiger partial charge in [0.25, 0.3) is 0 Å². The number of carbonyl (C=O) groups is 1. The van der Waals surface area contributed by atoms with Crippen LogP contribution < -0.4 is 4.74 Å². The SMILES string of the molecule is CCC(CC)C(=O)c1c(OC)ccc2ccccc12. The van der Waals surface area contributed by atoms with Gasteiger partial charge < -0.3 is 4.74 Å². The molecule has 19 heavy (non-hydrogen) atoms. The summed E-state index contributed by atoms with van der Waals surface area (Å²) in [5, 5.41) is 2.07. The number of benzene rings is 2. The highest BCUT2D eigenvalue weighted by atomic mass is 16.5. The van der Waals surface area contributed by atoms with E-state index in [1.807, 2.05) is 36.4 Å². The fourth-order valence-corrected chi connectivity index (χ4v) is 2.54. The van der Waals surface area contributed by atoms with E-state index in [4.69, 9.17) is 4.74 Å². The van der Waals surface area contributed by atoms with Crippen LogP contribution in [0.5, 0.6) is 5.75 Å². The zero-order valence-electron chi connectivity index (χ0n) is 11.8. The second-order valence-corrected chi connectivity index (χ2v) is 4.74. The van der Waals surface area contributed by atoms with Crippen LogP contribution in [-0.4, -0.2) is 12.9 Å². The molecule has 0 bridgehead atoms. The lowest BCUT2D eigenvalue weighted by atomic mass is 9.89. The van der Waals surface area contributed by atoms with E-state index in [-0.39, 0.29) is 11.7 Å². The highest BCUT2D eigenvalue weighted by Crippen LogP contribution is 2.31. The minimum Gasteiger partial charge on any atom is -0.496 e. The zero-order valence-corrected chi connectivity index (χ0v) is 11.8. The summed E-state index contributed by atoms with van der Waals surface area (Å²) in [4.78, 5) is 12.7. The van der Waals surface area contributed by atoms with Gasteiger partial charge in [-0.1, -0.05) is 44.2 Å². The van der Waals surface area contributed by atoms with Crippen molar-refractivity contribution in [3.8, 4) is 5.75 Å². The molecule has 2 aromatic carbocycles. The molecule has 100 valence electrons. The summed E-state index contributed by atoms with van der Waals surface area (Å²) in [5.41, 5.74) is 0.731. The normalized spacial score (nSPS) is 10.9. The molecule has 2 nitrogen and oxygen atoms in total. The Morgan fingerprint density at radius 2 is 1.79 bits per heavy atom. The van der Waals surface area contributed by atoms with E-state index in [2.05, 4.69) is 13.8 Å². The number of hydrogen-bond acceptors (Lipinski definition) is 2. The summed E-state index contributed by atoms with van der Waals surface area (Å²) in [7, 11) is 1.62. The number of rotatable bonds is 5. The summed E-state index contributed by atoms with van der Waals surface area (Å²) < 4.78 is 5.39. The molecule has 0 aliphatic carbocycles. The molecule has 0 aromatic heterocycles. The molecule has 2 rings (SSSR count). The fraction of sp³-hybridized carbons (Fsp3) is 0.353. The molecule has 0 aliphatic heterocycles. The van der Waals surface area contributed by atoms with Gasteiger partial charge in [-0.15, -0.1) is 0 Å². The average Bonchev–Trinajstić information content (AvgIpc) is 2.47. The van der Waals surface area contributed by atoms with Gasteiger partial charge in [-0.3, -0.25) is 4.79 Å². The molecule has 0 saturated carbocycles. The molecule has 0 radical (unpaired) electrons. The third-order valence-electron chi connectivity index (χ3n) is 3.71. The fourth-order valence-electron chi connectivity index (χ4n) is 2.54. The van der Waals surface area contributed by atoms with Gasteiger partial charge in [-0.25, -0.2) is 0 Å². The Labute approximate surface area is 114 Å². The van der Waals surface area contributed by atoms with Crippen LogP contribution in [0.1, 0.15) is 37.0 Å². The Hall–Kier alpha value is -1.83. The summed E-state index contributed by atoms with van der Waals surface area (Å²) in [6, 6.07) is 11.9. The third-order valence-corrected chi connectivity index (χ3v) is 3.71. The third kappa shape index (κ3) is 2.48. The van der Waals surface area contributed by atoms with Gasteiger partial charge in [0.15, 0.2) is 5.78 Å². The van der Waals surface area contributed by atoms with Gasteiger partial charge in [-0.2, -0.15) is 0 Å². The second-order valence-electron chi connectivity index (χ2n) is 4.74. The lowest BCUT2D eigenvalue weighted by Crippen LogP contribution is -2.14. The molecule has 0 fully saturated rings. The Kier molecular flexibility index (Phi) is 4.20. The van der Waals surface area contributed by atoms with Crippen molar-refractivity contribution >= 4 is 16.6 Å². The van der Waals surface area contributed by atoms with Crippen LogP contribution in [0.25, 0.3) is 10.8 Å². The van der Waals surface area contributed by atoms with E-state index < -0.39 is 0 Å². The minimum absolute atomic E-state index is 0.0692. The van der Waals surface area contributed by atoms with Crippen LogP contribution in [0.2, 0.25) is 0 Å². The van der Waals surface area contributed by atoms with Crippen molar-refractivity contribution in [2.24, 2.45) is 5.92 Å². The number of hydrogen-bond donors (Lipinski definition) is 0. The van der Waals surface area contributed by atoms with Gasteiger partial charge in [-0.05, 0) is 29.7 Å². The number of carbonyl (C=O) groups excluding carboxylic acids is 1. The minimum atomic E-state index is 0.0692. The lowest BCUT2D eigenvalue weighted by Gasteiger charge is -2.16. The predicted octanol–water partition coefficient (Wildman–Crippen LogP) is 4.47. The van der Waals surface area contributed by atoms with Gasteiger partial charge in [0.05, 0.1) is 12.7 Å². The van der Waals surface area contributed by atoms with Crippen LogP contribution in [0.15, 0.2) is 36.4 Å². The number of ketones is 1. The summed E-state index contributed by atoms with van der Waals surface area (Å²) >= 11 is 0.